The van der Waals surface area contributed by atoms with Crippen LogP contribution in [-0.4, -0.2) is 11.8 Å². The van der Waals surface area contributed by atoms with Gasteiger partial charge < -0.3 is 0 Å². The Bertz CT molecular complexity index is 959. The molecule has 2 aromatic carbocycles. The van der Waals surface area contributed by atoms with Gasteiger partial charge >= 0.3 is 0 Å². The molecule has 1 saturated heterocycles. The van der Waals surface area contributed by atoms with Gasteiger partial charge in [-0.3, -0.25) is 15.0 Å². The molecule has 0 spiro atoms. The highest BCUT2D eigenvalue weighted by atomic mass is 127. The van der Waals surface area contributed by atoms with E-state index in [0.29, 0.717) is 5.69 Å². The van der Waals surface area contributed by atoms with Crippen molar-refractivity contribution in [2.24, 2.45) is 0 Å². The second kappa shape index (κ2) is 6.03. The monoisotopic (exact) mass is 446 g/mol. The fourth-order valence-electron chi connectivity index (χ4n) is 2.55. The molecule has 0 saturated carbocycles. The number of amides is 2. The summed E-state index contributed by atoms with van der Waals surface area (Å²) in [5, 5.41) is 2.40. The molecule has 0 unspecified atom stereocenters. The lowest BCUT2D eigenvalue weighted by Gasteiger charge is -2.14. The first kappa shape index (κ1) is 15.3. The van der Waals surface area contributed by atoms with E-state index in [1.54, 1.807) is 17.4 Å². The largest absolute Gasteiger partial charge is 0.282 e. The summed E-state index contributed by atoms with van der Waals surface area (Å²) in [7, 11) is 0. The first-order valence-electron chi connectivity index (χ1n) is 7.23. The Kier molecular flexibility index (Phi) is 3.85. The molecule has 1 aliphatic heterocycles. The van der Waals surface area contributed by atoms with E-state index in [0.717, 1.165) is 18.5 Å². The van der Waals surface area contributed by atoms with Crippen LogP contribution in [0.15, 0.2) is 60.2 Å². The minimum Gasteiger partial charge on any atom is -0.267 e. The number of halogens is 1. The number of rotatable bonds is 2. The summed E-state index contributed by atoms with van der Waals surface area (Å²) in [6.07, 6.45) is 1.66. The first-order valence-corrected chi connectivity index (χ1v) is 9.12. The molecule has 1 N–H and O–H groups in total. The smallest absolute Gasteiger partial charge is 0.267 e. The lowest BCUT2D eigenvalue weighted by atomic mass is 10.2. The van der Waals surface area contributed by atoms with Gasteiger partial charge in [0, 0.05) is 13.1 Å². The summed E-state index contributed by atoms with van der Waals surface area (Å²) < 4.78 is 2.19. The van der Waals surface area contributed by atoms with Gasteiger partial charge in [-0.15, -0.1) is 11.3 Å². The number of fused-ring (bicyclic) bond motifs is 1. The summed E-state index contributed by atoms with van der Waals surface area (Å²) in [6, 6.07) is 17.4. The zero-order valence-corrected chi connectivity index (χ0v) is 15.3. The Labute approximate surface area is 155 Å². The van der Waals surface area contributed by atoms with Gasteiger partial charge in [-0.1, -0.05) is 18.2 Å². The maximum Gasteiger partial charge on any atom is 0.282 e. The number of benzene rings is 2. The number of carbonyl (C=O) groups is 2. The van der Waals surface area contributed by atoms with E-state index < -0.39 is 0 Å². The molecule has 118 valence electrons. The highest BCUT2D eigenvalue weighted by molar-refractivity contribution is 14.1. The summed E-state index contributed by atoms with van der Waals surface area (Å²) in [6.45, 7) is 0. The highest BCUT2D eigenvalue weighted by Gasteiger charge is 2.34. The van der Waals surface area contributed by atoms with Crippen molar-refractivity contribution in [1.82, 2.24) is 5.43 Å². The van der Waals surface area contributed by atoms with Crippen LogP contribution in [-0.2, 0) is 9.59 Å². The van der Waals surface area contributed by atoms with E-state index in [9.17, 15) is 9.59 Å². The van der Waals surface area contributed by atoms with E-state index in [4.69, 9.17) is 0 Å². The number of nitrogens with zero attached hydrogens (tertiary/aromatic N) is 1. The minimum absolute atomic E-state index is 0.153. The van der Waals surface area contributed by atoms with Crippen molar-refractivity contribution in [2.45, 2.75) is 0 Å². The van der Waals surface area contributed by atoms with Gasteiger partial charge in [0.15, 0.2) is 0 Å². The zero-order chi connectivity index (χ0) is 16.7. The average molecular weight is 446 g/mol. The Morgan fingerprint density at radius 1 is 1.04 bits per heavy atom. The van der Waals surface area contributed by atoms with Gasteiger partial charge in [0.05, 0.1) is 5.69 Å². The van der Waals surface area contributed by atoms with E-state index in [1.165, 1.54) is 5.01 Å². The van der Waals surface area contributed by atoms with E-state index >= 15 is 0 Å². The molecule has 2 heterocycles. The predicted molar refractivity (Wildman–Crippen MR) is 105 cm³/mol. The normalized spacial score (nSPS) is 16.2. The molecule has 3 aromatic rings. The Morgan fingerprint density at radius 3 is 2.54 bits per heavy atom. The predicted octanol–water partition coefficient (Wildman–Crippen LogP) is 3.97. The molecule has 0 aliphatic carbocycles. The lowest BCUT2D eigenvalue weighted by molar-refractivity contribution is -0.117. The summed E-state index contributed by atoms with van der Waals surface area (Å²) in [5.74, 6) is -0.713. The quantitative estimate of drug-likeness (QED) is 0.368. The fraction of sp³-hybridized carbons (Fsp3) is 0. The molecule has 24 heavy (non-hydrogen) atoms. The molecule has 0 radical (unpaired) electrons. The van der Waals surface area contributed by atoms with Gasteiger partial charge in [0.25, 0.3) is 11.8 Å². The summed E-state index contributed by atoms with van der Waals surface area (Å²) >= 11 is 3.75. The van der Waals surface area contributed by atoms with Crippen molar-refractivity contribution in [1.29, 1.82) is 0 Å². The van der Waals surface area contributed by atoms with Crippen LogP contribution in [0.3, 0.4) is 0 Å². The number of thiophene rings is 1. The van der Waals surface area contributed by atoms with Gasteiger partial charge in [0.2, 0.25) is 0 Å². The third-order valence-corrected chi connectivity index (χ3v) is 5.49. The molecule has 0 atom stereocenters. The number of nitrogens with one attached hydrogen (secondary N) is 1. The van der Waals surface area contributed by atoms with Crippen LogP contribution in [0.25, 0.3) is 16.2 Å². The van der Waals surface area contributed by atoms with Crippen molar-refractivity contribution in [3.05, 3.63) is 68.6 Å². The third kappa shape index (κ3) is 2.71. The molecule has 1 aliphatic rings. The number of hydrazine groups is 1. The Hall–Kier alpha value is -2.19. The van der Waals surface area contributed by atoms with E-state index in [2.05, 4.69) is 28.0 Å². The molecule has 2 amide bonds. The molecular weight excluding hydrogens is 435 g/mol. The molecule has 0 bridgehead atoms. The number of hydrogen-bond acceptors (Lipinski definition) is 3. The standard InChI is InChI=1S/C18H11IN2O2S/c19-12-5-7-13(8-6-12)21-18(23)15(17(22)20-21)10-14-9-11-3-1-2-4-16(11)24-14/h1-10H,(H,20,22). The van der Waals surface area contributed by atoms with Crippen molar-refractivity contribution in [3.63, 3.8) is 0 Å². The van der Waals surface area contributed by atoms with Gasteiger partial charge in [-0.25, -0.2) is 5.01 Å². The number of hydrogen-bond donors (Lipinski definition) is 1. The number of carbonyl (C=O) groups excluding carboxylic acids is 2. The van der Waals surface area contributed by atoms with Crippen molar-refractivity contribution < 1.29 is 9.59 Å². The van der Waals surface area contributed by atoms with Crippen LogP contribution in [0.4, 0.5) is 5.69 Å². The van der Waals surface area contributed by atoms with E-state index in [-0.39, 0.29) is 17.4 Å². The Balaban J connectivity index is 1.69. The minimum atomic E-state index is -0.379. The van der Waals surface area contributed by atoms with Crippen molar-refractivity contribution in [3.8, 4) is 0 Å². The SMILES string of the molecule is O=C1NN(c2ccc(I)cc2)C(=O)C1=Cc1cc2ccccc2s1. The second-order valence-electron chi connectivity index (χ2n) is 5.30. The zero-order valence-electron chi connectivity index (χ0n) is 12.3. The molecule has 1 fully saturated rings. The Morgan fingerprint density at radius 2 is 1.79 bits per heavy atom. The second-order valence-corrected chi connectivity index (χ2v) is 7.66. The average Bonchev–Trinajstić information content (AvgIpc) is 3.11. The first-order chi connectivity index (χ1) is 11.6. The van der Waals surface area contributed by atoms with Crippen molar-refractivity contribution in [2.75, 3.05) is 5.01 Å². The molecule has 1 aromatic heterocycles. The van der Waals surface area contributed by atoms with Crippen LogP contribution in [0.5, 0.6) is 0 Å². The van der Waals surface area contributed by atoms with Crippen LogP contribution in [0.1, 0.15) is 4.88 Å². The van der Waals surface area contributed by atoms with Crippen molar-refractivity contribution >= 4 is 67.6 Å². The van der Waals surface area contributed by atoms with E-state index in [1.807, 2.05) is 54.6 Å². The molecular formula is C18H11IN2O2S. The summed E-state index contributed by atoms with van der Waals surface area (Å²) in [5.41, 5.74) is 3.42. The van der Waals surface area contributed by atoms with Crippen LogP contribution in [0, 0.1) is 3.57 Å². The fourth-order valence-corrected chi connectivity index (χ4v) is 3.91. The molecule has 4 rings (SSSR count). The third-order valence-electron chi connectivity index (χ3n) is 3.71. The molecule has 4 nitrogen and oxygen atoms in total. The maximum absolute atomic E-state index is 12.6. The van der Waals surface area contributed by atoms with Crippen LogP contribution in [0.2, 0.25) is 0 Å². The van der Waals surface area contributed by atoms with Crippen LogP contribution >= 0.6 is 33.9 Å². The van der Waals surface area contributed by atoms with Crippen LogP contribution < -0.4 is 10.4 Å². The number of anilines is 1. The molecule has 6 heteroatoms. The highest BCUT2D eigenvalue weighted by Crippen LogP contribution is 2.29. The lowest BCUT2D eigenvalue weighted by Crippen LogP contribution is -2.35. The van der Waals surface area contributed by atoms with Gasteiger partial charge in [-0.05, 0) is 70.5 Å². The maximum atomic E-state index is 12.6. The van der Waals surface area contributed by atoms with Gasteiger partial charge in [-0.2, -0.15) is 0 Å². The van der Waals surface area contributed by atoms with Gasteiger partial charge in [0.1, 0.15) is 5.57 Å². The topological polar surface area (TPSA) is 49.4 Å². The summed E-state index contributed by atoms with van der Waals surface area (Å²) in [4.78, 5) is 25.7.